The molecule has 4 aromatic rings. The Kier molecular flexibility index (Phi) is 9.28. The van der Waals surface area contributed by atoms with Crippen LogP contribution in [-0.4, -0.2) is 46.1 Å². The van der Waals surface area contributed by atoms with E-state index in [1.165, 1.54) is 16.7 Å². The van der Waals surface area contributed by atoms with Crippen molar-refractivity contribution in [3.8, 4) is 0 Å². The lowest BCUT2D eigenvalue weighted by Gasteiger charge is -2.28. The van der Waals surface area contributed by atoms with Crippen molar-refractivity contribution in [2.24, 2.45) is 0 Å². The molecule has 8 nitrogen and oxygen atoms in total. The summed E-state index contributed by atoms with van der Waals surface area (Å²) in [4.78, 5) is 44.9. The summed E-state index contributed by atoms with van der Waals surface area (Å²) < 4.78 is 5.63. The van der Waals surface area contributed by atoms with Gasteiger partial charge in [0.25, 0.3) is 5.91 Å². The van der Waals surface area contributed by atoms with Gasteiger partial charge >= 0.3 is 6.09 Å². The highest BCUT2D eigenvalue weighted by Gasteiger charge is 2.43. The van der Waals surface area contributed by atoms with Crippen LogP contribution in [0.3, 0.4) is 0 Å². The minimum Gasteiger partial charge on any atom is -0.444 e. The molecule has 1 fully saturated rings. The Morgan fingerprint density at radius 2 is 1.51 bits per heavy atom. The number of ether oxygens (including phenoxy) is 1. The normalized spacial score (nSPS) is 16.1. The monoisotopic (exact) mass is 566 g/mol. The Hall–Kier alpha value is -4.63. The minimum absolute atomic E-state index is 0.104. The van der Waals surface area contributed by atoms with Gasteiger partial charge in [0, 0.05) is 35.9 Å². The average Bonchev–Trinajstić information content (AvgIpc) is 3.47. The van der Waals surface area contributed by atoms with E-state index in [0.29, 0.717) is 23.5 Å². The van der Waals surface area contributed by atoms with E-state index in [4.69, 9.17) is 4.74 Å². The maximum atomic E-state index is 13.4. The number of benzene rings is 3. The van der Waals surface area contributed by atoms with Gasteiger partial charge in [-0.05, 0) is 59.5 Å². The van der Waals surface area contributed by atoms with Gasteiger partial charge in [0.15, 0.2) is 0 Å². The fourth-order valence-corrected chi connectivity index (χ4v) is 5.93. The first-order valence-corrected chi connectivity index (χ1v) is 14.4. The number of aromatic nitrogens is 1. The van der Waals surface area contributed by atoms with E-state index in [-0.39, 0.29) is 23.8 Å². The Balaban J connectivity index is 1.22. The molecule has 2 atom stereocenters. The summed E-state index contributed by atoms with van der Waals surface area (Å²) in [6.45, 7) is 0.628. The lowest BCUT2D eigenvalue weighted by atomic mass is 10.1. The molecule has 1 aliphatic heterocycles. The second-order valence-corrected chi connectivity index (χ2v) is 10.6. The average molecular weight is 567 g/mol. The van der Waals surface area contributed by atoms with Crippen molar-refractivity contribution in [3.05, 3.63) is 132 Å². The van der Waals surface area contributed by atoms with Gasteiger partial charge in [-0.15, -0.1) is 11.8 Å². The number of nitrogens with one attached hydrogen (secondary N) is 2. The van der Waals surface area contributed by atoms with Crippen LogP contribution in [-0.2, 0) is 22.6 Å². The molecule has 1 saturated heterocycles. The summed E-state index contributed by atoms with van der Waals surface area (Å²) in [5, 5.41) is 5.43. The van der Waals surface area contributed by atoms with Gasteiger partial charge in [0.1, 0.15) is 18.0 Å². The van der Waals surface area contributed by atoms with Crippen molar-refractivity contribution in [1.82, 2.24) is 15.2 Å². The first-order valence-electron chi connectivity index (χ1n) is 13.3. The number of pyridine rings is 1. The zero-order valence-corrected chi connectivity index (χ0v) is 23.1. The molecule has 3 amide bonds. The molecule has 0 spiro atoms. The Bertz CT molecular complexity index is 1450. The summed E-state index contributed by atoms with van der Waals surface area (Å²) in [6, 6.07) is 29.0. The molecule has 2 unspecified atom stereocenters. The number of hydrogen-bond donors (Lipinski definition) is 2. The Morgan fingerprint density at radius 1 is 0.854 bits per heavy atom. The number of thioether (sulfide) groups is 1. The zero-order chi connectivity index (χ0) is 28.4. The molecule has 208 valence electrons. The van der Waals surface area contributed by atoms with Crippen molar-refractivity contribution < 1.29 is 19.1 Å². The standard InChI is InChI=1S/C32H30N4O4S/c37-29(34-20-15-23-7-3-1-4-8-23)25-11-13-27(14-12-25)35-30(38)28-22-41-31(26-16-18-33-19-17-26)36(28)32(39)40-21-24-9-5-2-6-10-24/h1-14,16-19,28,31H,15,20-22H2,(H,34,37)(H,35,38). The third-order valence-electron chi connectivity index (χ3n) is 6.67. The summed E-state index contributed by atoms with van der Waals surface area (Å²) in [5.41, 5.74) is 3.90. The third-order valence-corrected chi connectivity index (χ3v) is 7.99. The van der Waals surface area contributed by atoms with Crippen LogP contribution in [0, 0.1) is 0 Å². The SMILES string of the molecule is O=C(NCCc1ccccc1)c1ccc(NC(=O)C2CSC(c3ccncc3)N2C(=O)OCc2ccccc2)cc1. The smallest absolute Gasteiger partial charge is 0.412 e. The number of amides is 3. The van der Waals surface area contributed by atoms with Crippen LogP contribution in [0.4, 0.5) is 10.5 Å². The van der Waals surface area contributed by atoms with E-state index in [1.54, 1.807) is 36.7 Å². The van der Waals surface area contributed by atoms with Crippen molar-refractivity contribution in [1.29, 1.82) is 0 Å². The van der Waals surface area contributed by atoms with Gasteiger partial charge in [0.2, 0.25) is 5.91 Å². The van der Waals surface area contributed by atoms with Gasteiger partial charge in [-0.3, -0.25) is 19.5 Å². The highest BCUT2D eigenvalue weighted by molar-refractivity contribution is 7.99. The molecule has 9 heteroatoms. The molecule has 3 aromatic carbocycles. The molecular weight excluding hydrogens is 536 g/mol. The first-order chi connectivity index (χ1) is 20.1. The molecule has 0 saturated carbocycles. The maximum Gasteiger partial charge on any atom is 0.412 e. The van der Waals surface area contributed by atoms with Gasteiger partial charge in [0.05, 0.1) is 0 Å². The fourth-order valence-electron chi connectivity index (χ4n) is 4.51. The number of rotatable bonds is 9. The predicted octanol–water partition coefficient (Wildman–Crippen LogP) is 5.45. The van der Waals surface area contributed by atoms with Gasteiger partial charge in [-0.25, -0.2) is 4.79 Å². The molecule has 1 aromatic heterocycles. The second kappa shape index (κ2) is 13.6. The Labute approximate surface area is 243 Å². The van der Waals surface area contributed by atoms with Crippen LogP contribution in [0.5, 0.6) is 0 Å². The summed E-state index contributed by atoms with van der Waals surface area (Å²) >= 11 is 1.50. The highest BCUT2D eigenvalue weighted by Crippen LogP contribution is 2.42. The first kappa shape index (κ1) is 27.9. The molecule has 2 heterocycles. The summed E-state index contributed by atoms with van der Waals surface area (Å²) in [5.74, 6) is -0.106. The highest BCUT2D eigenvalue weighted by atomic mass is 32.2. The van der Waals surface area contributed by atoms with Crippen molar-refractivity contribution in [2.75, 3.05) is 17.6 Å². The van der Waals surface area contributed by atoms with Gasteiger partial charge in [-0.2, -0.15) is 0 Å². The van der Waals surface area contributed by atoms with Crippen molar-refractivity contribution >= 4 is 35.4 Å². The van der Waals surface area contributed by atoms with Crippen molar-refractivity contribution in [3.63, 3.8) is 0 Å². The molecule has 0 radical (unpaired) electrons. The van der Waals surface area contributed by atoms with Crippen LogP contribution >= 0.6 is 11.8 Å². The summed E-state index contributed by atoms with van der Waals surface area (Å²) in [6.07, 6.45) is 3.50. The zero-order valence-electron chi connectivity index (χ0n) is 22.3. The molecule has 5 rings (SSSR count). The maximum absolute atomic E-state index is 13.4. The molecule has 1 aliphatic rings. The largest absolute Gasteiger partial charge is 0.444 e. The van der Waals surface area contributed by atoms with Crippen LogP contribution in [0.1, 0.15) is 32.4 Å². The van der Waals surface area contributed by atoms with E-state index in [0.717, 1.165) is 23.1 Å². The number of nitrogens with zero attached hydrogens (tertiary/aromatic N) is 2. The van der Waals surface area contributed by atoms with Crippen LogP contribution in [0.25, 0.3) is 0 Å². The molecule has 0 aliphatic carbocycles. The van der Waals surface area contributed by atoms with Crippen molar-refractivity contribution in [2.45, 2.75) is 24.4 Å². The van der Waals surface area contributed by atoms with E-state index >= 15 is 0 Å². The topological polar surface area (TPSA) is 101 Å². The van der Waals surface area contributed by atoms with E-state index in [1.807, 2.05) is 72.8 Å². The number of anilines is 1. The van der Waals surface area contributed by atoms with Crippen LogP contribution in [0.2, 0.25) is 0 Å². The third kappa shape index (κ3) is 7.32. The lowest BCUT2D eigenvalue weighted by Crippen LogP contribution is -2.45. The molecular formula is C32H30N4O4S. The van der Waals surface area contributed by atoms with E-state index in [2.05, 4.69) is 15.6 Å². The van der Waals surface area contributed by atoms with E-state index in [9.17, 15) is 14.4 Å². The van der Waals surface area contributed by atoms with Crippen LogP contribution in [0.15, 0.2) is 109 Å². The van der Waals surface area contributed by atoms with Gasteiger partial charge in [-0.1, -0.05) is 60.7 Å². The van der Waals surface area contributed by atoms with Crippen LogP contribution < -0.4 is 10.6 Å². The second-order valence-electron chi connectivity index (χ2n) is 9.49. The number of carbonyl (C=O) groups is 3. The number of carbonyl (C=O) groups excluding carboxylic acids is 3. The Morgan fingerprint density at radius 3 is 2.20 bits per heavy atom. The summed E-state index contributed by atoms with van der Waals surface area (Å²) in [7, 11) is 0. The molecule has 2 N–H and O–H groups in total. The quantitative estimate of drug-likeness (QED) is 0.280. The molecule has 0 bridgehead atoms. The predicted molar refractivity (Wildman–Crippen MR) is 159 cm³/mol. The van der Waals surface area contributed by atoms with E-state index < -0.39 is 12.1 Å². The molecule has 41 heavy (non-hydrogen) atoms. The fraction of sp³-hybridized carbons (Fsp3) is 0.188. The number of hydrogen-bond acceptors (Lipinski definition) is 6. The minimum atomic E-state index is -0.748. The van der Waals surface area contributed by atoms with Gasteiger partial charge < -0.3 is 15.4 Å². The lowest BCUT2D eigenvalue weighted by molar-refractivity contribution is -0.120.